The molecule has 1 aromatic carbocycles. The Morgan fingerprint density at radius 1 is 1.45 bits per heavy atom. The van der Waals surface area contributed by atoms with Crippen LogP contribution in [0.2, 0.25) is 0 Å². The zero-order chi connectivity index (χ0) is 14.2. The van der Waals surface area contributed by atoms with Gasteiger partial charge in [0.2, 0.25) is 5.91 Å². The maximum absolute atomic E-state index is 11.7. The van der Waals surface area contributed by atoms with Gasteiger partial charge in [0.15, 0.2) is 0 Å². The fraction of sp³-hybridized carbons (Fsp3) is 0.438. The molecule has 1 fully saturated rings. The van der Waals surface area contributed by atoms with E-state index in [0.717, 1.165) is 15.0 Å². The van der Waals surface area contributed by atoms with Gasteiger partial charge in [-0.25, -0.2) is 0 Å². The minimum Gasteiger partial charge on any atom is -0.383 e. The van der Waals surface area contributed by atoms with Crippen LogP contribution >= 0.6 is 11.3 Å². The van der Waals surface area contributed by atoms with E-state index in [0.29, 0.717) is 12.3 Å². The van der Waals surface area contributed by atoms with Gasteiger partial charge in [0.1, 0.15) is 5.60 Å². The van der Waals surface area contributed by atoms with Crippen LogP contribution in [0.3, 0.4) is 0 Å². The van der Waals surface area contributed by atoms with Crippen LogP contribution in [0, 0.1) is 5.92 Å². The van der Waals surface area contributed by atoms with Gasteiger partial charge in [-0.05, 0) is 43.2 Å². The van der Waals surface area contributed by atoms with Gasteiger partial charge in [-0.2, -0.15) is 0 Å². The number of benzene rings is 1. The molecule has 4 heteroatoms. The second kappa shape index (κ2) is 5.19. The van der Waals surface area contributed by atoms with Crippen LogP contribution in [0.1, 0.15) is 31.1 Å². The van der Waals surface area contributed by atoms with Gasteiger partial charge in [-0.1, -0.05) is 18.2 Å². The summed E-state index contributed by atoms with van der Waals surface area (Å²) >= 11 is 1.58. The zero-order valence-electron chi connectivity index (χ0n) is 11.6. The highest BCUT2D eigenvalue weighted by Gasteiger charge is 2.28. The number of carbonyl (C=O) groups excluding carboxylic acids is 1. The highest BCUT2D eigenvalue weighted by atomic mass is 32.1. The monoisotopic (exact) mass is 289 g/mol. The van der Waals surface area contributed by atoms with Crippen molar-refractivity contribution in [3.8, 4) is 0 Å². The molecule has 20 heavy (non-hydrogen) atoms. The zero-order valence-corrected chi connectivity index (χ0v) is 12.4. The SMILES string of the molecule is C[C@](O)(CNC(=O)CC1CC1)c1cc2ccccc2s1. The molecule has 0 spiro atoms. The van der Waals surface area contributed by atoms with Gasteiger partial charge in [0, 0.05) is 16.0 Å². The fourth-order valence-corrected chi connectivity index (χ4v) is 3.37. The Morgan fingerprint density at radius 2 is 2.20 bits per heavy atom. The summed E-state index contributed by atoms with van der Waals surface area (Å²) in [5.41, 5.74) is -1.01. The van der Waals surface area contributed by atoms with E-state index in [1.807, 2.05) is 30.3 Å². The van der Waals surface area contributed by atoms with Crippen LogP contribution in [0.15, 0.2) is 30.3 Å². The van der Waals surface area contributed by atoms with E-state index in [1.165, 1.54) is 12.8 Å². The molecule has 1 heterocycles. The second-order valence-electron chi connectivity index (χ2n) is 5.85. The second-order valence-corrected chi connectivity index (χ2v) is 6.93. The average Bonchev–Trinajstić information content (AvgIpc) is 3.11. The van der Waals surface area contributed by atoms with E-state index in [2.05, 4.69) is 5.32 Å². The normalized spacial score (nSPS) is 17.9. The number of fused-ring (bicyclic) bond motifs is 1. The molecular formula is C16H19NO2S. The highest BCUT2D eigenvalue weighted by Crippen LogP contribution is 2.34. The minimum absolute atomic E-state index is 0.0499. The third-order valence-corrected chi connectivity index (χ3v) is 5.13. The van der Waals surface area contributed by atoms with Crippen LogP contribution in [-0.2, 0) is 10.4 Å². The number of thiophene rings is 1. The average molecular weight is 289 g/mol. The van der Waals surface area contributed by atoms with Crippen LogP contribution in [-0.4, -0.2) is 17.6 Å². The fourth-order valence-electron chi connectivity index (χ4n) is 2.26. The first-order chi connectivity index (χ1) is 9.54. The van der Waals surface area contributed by atoms with E-state index in [9.17, 15) is 9.90 Å². The van der Waals surface area contributed by atoms with E-state index in [1.54, 1.807) is 18.3 Å². The summed E-state index contributed by atoms with van der Waals surface area (Å²) in [5, 5.41) is 14.6. The van der Waals surface area contributed by atoms with Gasteiger partial charge in [-0.3, -0.25) is 4.79 Å². The van der Waals surface area contributed by atoms with E-state index < -0.39 is 5.60 Å². The number of rotatable bonds is 5. The van der Waals surface area contributed by atoms with Crippen molar-refractivity contribution in [2.45, 2.75) is 31.8 Å². The number of amides is 1. The summed E-state index contributed by atoms with van der Waals surface area (Å²) in [7, 11) is 0. The summed E-state index contributed by atoms with van der Waals surface area (Å²) in [6, 6.07) is 10.1. The Kier molecular flexibility index (Phi) is 3.52. The molecule has 0 unspecified atom stereocenters. The lowest BCUT2D eigenvalue weighted by Crippen LogP contribution is -2.38. The van der Waals surface area contributed by atoms with E-state index in [4.69, 9.17) is 0 Å². The van der Waals surface area contributed by atoms with Gasteiger partial charge in [0.05, 0.1) is 6.54 Å². The molecule has 1 atom stereocenters. The van der Waals surface area contributed by atoms with Gasteiger partial charge in [-0.15, -0.1) is 11.3 Å². The number of hydrogen-bond acceptors (Lipinski definition) is 3. The standard InChI is InChI=1S/C16H19NO2S/c1-16(19,10-17-15(18)8-11-6-7-11)14-9-12-4-2-3-5-13(12)20-14/h2-5,9,11,19H,6-8,10H2,1H3,(H,17,18)/t16-/m0/s1. The molecule has 106 valence electrons. The molecule has 0 saturated heterocycles. The summed E-state index contributed by atoms with van der Waals surface area (Å²) in [6.45, 7) is 2.03. The van der Waals surface area contributed by atoms with E-state index >= 15 is 0 Å². The third-order valence-electron chi connectivity index (χ3n) is 3.76. The van der Waals surface area contributed by atoms with Crippen molar-refractivity contribution in [1.82, 2.24) is 5.32 Å². The molecule has 3 rings (SSSR count). The first-order valence-corrected chi connectivity index (χ1v) is 7.84. The Hall–Kier alpha value is -1.39. The Bertz CT molecular complexity index is 595. The maximum Gasteiger partial charge on any atom is 0.220 e. The number of nitrogens with one attached hydrogen (secondary N) is 1. The molecular weight excluding hydrogens is 270 g/mol. The predicted molar refractivity (Wildman–Crippen MR) is 81.7 cm³/mol. The van der Waals surface area contributed by atoms with Crippen LogP contribution in [0.5, 0.6) is 0 Å². The smallest absolute Gasteiger partial charge is 0.220 e. The van der Waals surface area contributed by atoms with Crippen molar-refractivity contribution in [3.05, 3.63) is 35.2 Å². The molecule has 0 bridgehead atoms. The first-order valence-electron chi connectivity index (χ1n) is 7.03. The summed E-state index contributed by atoms with van der Waals surface area (Å²) in [6.07, 6.45) is 2.93. The summed E-state index contributed by atoms with van der Waals surface area (Å²) < 4.78 is 1.16. The van der Waals surface area contributed by atoms with Gasteiger partial charge >= 0.3 is 0 Å². The molecule has 1 aliphatic carbocycles. The van der Waals surface area contributed by atoms with Crippen molar-refractivity contribution in [2.24, 2.45) is 5.92 Å². The number of carbonyl (C=O) groups is 1. The molecule has 2 aromatic rings. The number of aliphatic hydroxyl groups is 1. The van der Waals surface area contributed by atoms with Crippen molar-refractivity contribution in [2.75, 3.05) is 6.54 Å². The molecule has 0 radical (unpaired) electrons. The predicted octanol–water partition coefficient (Wildman–Crippen LogP) is 3.03. The molecule has 1 aromatic heterocycles. The molecule has 1 aliphatic rings. The maximum atomic E-state index is 11.7. The first kappa shape index (κ1) is 13.6. The summed E-state index contributed by atoms with van der Waals surface area (Å²) in [4.78, 5) is 12.6. The van der Waals surface area contributed by atoms with Gasteiger partial charge in [0.25, 0.3) is 0 Å². The minimum atomic E-state index is -1.01. The van der Waals surface area contributed by atoms with Crippen LogP contribution in [0.4, 0.5) is 0 Å². The summed E-state index contributed by atoms with van der Waals surface area (Å²) in [5.74, 6) is 0.623. The van der Waals surface area contributed by atoms with Crippen molar-refractivity contribution >= 4 is 27.3 Å². The largest absolute Gasteiger partial charge is 0.383 e. The Morgan fingerprint density at radius 3 is 2.90 bits per heavy atom. The Labute approximate surface area is 122 Å². The lowest BCUT2D eigenvalue weighted by atomic mass is 10.0. The quantitative estimate of drug-likeness (QED) is 0.889. The lowest BCUT2D eigenvalue weighted by molar-refractivity contribution is -0.122. The lowest BCUT2D eigenvalue weighted by Gasteiger charge is -2.22. The van der Waals surface area contributed by atoms with Crippen molar-refractivity contribution < 1.29 is 9.90 Å². The van der Waals surface area contributed by atoms with E-state index in [-0.39, 0.29) is 12.5 Å². The third kappa shape index (κ3) is 3.02. The van der Waals surface area contributed by atoms with Crippen LogP contribution in [0.25, 0.3) is 10.1 Å². The molecule has 1 amide bonds. The van der Waals surface area contributed by atoms with Gasteiger partial charge < -0.3 is 10.4 Å². The topological polar surface area (TPSA) is 49.3 Å². The number of hydrogen-bond donors (Lipinski definition) is 2. The molecule has 2 N–H and O–H groups in total. The van der Waals surface area contributed by atoms with Crippen LogP contribution < -0.4 is 5.32 Å². The Balaban J connectivity index is 1.68. The van der Waals surface area contributed by atoms with Crippen molar-refractivity contribution in [1.29, 1.82) is 0 Å². The highest BCUT2D eigenvalue weighted by molar-refractivity contribution is 7.19. The molecule has 3 nitrogen and oxygen atoms in total. The molecule has 0 aliphatic heterocycles. The molecule has 1 saturated carbocycles. The van der Waals surface area contributed by atoms with Crippen molar-refractivity contribution in [3.63, 3.8) is 0 Å².